The van der Waals surface area contributed by atoms with Crippen LogP contribution >= 0.6 is 0 Å². The van der Waals surface area contributed by atoms with Gasteiger partial charge in [0, 0.05) is 43.1 Å². The fourth-order valence-electron chi connectivity index (χ4n) is 5.22. The van der Waals surface area contributed by atoms with E-state index in [4.69, 9.17) is 5.73 Å². The van der Waals surface area contributed by atoms with E-state index in [0.29, 0.717) is 17.2 Å². The van der Waals surface area contributed by atoms with Crippen molar-refractivity contribution in [3.05, 3.63) is 89.6 Å². The highest BCUT2D eigenvalue weighted by Crippen LogP contribution is 2.36. The van der Waals surface area contributed by atoms with Gasteiger partial charge < -0.3 is 15.2 Å². The second-order valence-electron chi connectivity index (χ2n) is 10.3. The average Bonchev–Trinajstić information content (AvgIpc) is 3.29. The Balaban J connectivity index is 1.45. The molecule has 0 atom stereocenters. The monoisotopic (exact) mass is 499 g/mol. The van der Waals surface area contributed by atoms with Gasteiger partial charge in [-0.2, -0.15) is 0 Å². The first kappa shape index (κ1) is 25.0. The first-order valence-corrected chi connectivity index (χ1v) is 12.9. The van der Waals surface area contributed by atoms with Crippen LogP contribution < -0.4 is 5.73 Å². The van der Waals surface area contributed by atoms with Crippen LogP contribution in [0.4, 0.5) is 10.1 Å². The summed E-state index contributed by atoms with van der Waals surface area (Å²) >= 11 is 0. The van der Waals surface area contributed by atoms with E-state index in [1.807, 2.05) is 49.0 Å². The number of carbonyl (C=O) groups is 1. The average molecular weight is 500 g/mol. The van der Waals surface area contributed by atoms with Crippen LogP contribution in [0, 0.1) is 5.82 Å². The van der Waals surface area contributed by atoms with Crippen molar-refractivity contribution in [2.45, 2.75) is 45.2 Å². The number of amides is 1. The number of likely N-dealkylation sites (tertiary alicyclic amines) is 1. The molecule has 0 unspecified atom stereocenters. The number of nitrogens with two attached hydrogens (primary N) is 1. The van der Waals surface area contributed by atoms with E-state index in [2.05, 4.69) is 28.2 Å². The van der Waals surface area contributed by atoms with Crippen molar-refractivity contribution in [3.63, 3.8) is 0 Å². The van der Waals surface area contributed by atoms with Gasteiger partial charge in [0.05, 0.1) is 23.0 Å². The number of benzene rings is 2. The van der Waals surface area contributed by atoms with Crippen molar-refractivity contribution < 1.29 is 9.18 Å². The van der Waals surface area contributed by atoms with Gasteiger partial charge in [-0.3, -0.25) is 14.7 Å². The van der Waals surface area contributed by atoms with Crippen molar-refractivity contribution in [1.82, 2.24) is 19.4 Å². The molecule has 6 nitrogen and oxygen atoms in total. The number of halogens is 1. The number of rotatable bonds is 6. The van der Waals surface area contributed by atoms with Gasteiger partial charge in [0.1, 0.15) is 5.82 Å². The predicted octanol–water partition coefficient (Wildman–Crippen LogP) is 5.61. The smallest absolute Gasteiger partial charge is 0.256 e. The quantitative estimate of drug-likeness (QED) is 0.350. The number of anilines is 1. The lowest BCUT2D eigenvalue weighted by Gasteiger charge is -2.32. The highest BCUT2D eigenvalue weighted by atomic mass is 19.1. The second-order valence-corrected chi connectivity index (χ2v) is 10.3. The van der Waals surface area contributed by atoms with E-state index < -0.39 is 5.82 Å². The maximum Gasteiger partial charge on any atom is 0.256 e. The van der Waals surface area contributed by atoms with Crippen LogP contribution in [0.5, 0.6) is 0 Å². The summed E-state index contributed by atoms with van der Waals surface area (Å²) in [6.07, 6.45) is 7.87. The number of nitrogens with zero attached hydrogens (tertiary/aromatic N) is 4. The topological polar surface area (TPSA) is 67.4 Å². The Morgan fingerprint density at radius 1 is 1.14 bits per heavy atom. The van der Waals surface area contributed by atoms with Crippen LogP contribution in [0.1, 0.15) is 54.1 Å². The molecule has 0 saturated carbocycles. The van der Waals surface area contributed by atoms with E-state index >= 15 is 0 Å². The summed E-state index contributed by atoms with van der Waals surface area (Å²) < 4.78 is 16.3. The molecule has 1 aliphatic rings. The lowest BCUT2D eigenvalue weighted by molar-refractivity contribution is 0.0754. The Morgan fingerprint density at radius 2 is 1.86 bits per heavy atom. The number of nitrogen functional groups attached to an aromatic ring is 1. The largest absolute Gasteiger partial charge is 0.399 e. The molecule has 192 valence electrons. The SMILES string of the molecule is CC(C)N(C)C(=O)c1cc(F)ccc1-n1cc(C2CCN(Cc3ccc(N)cc3)CC2)c2ccncc21. The number of fused-ring (bicyclic) bond motifs is 1. The maximum atomic E-state index is 14.3. The van der Waals surface area contributed by atoms with Crippen molar-refractivity contribution in [1.29, 1.82) is 0 Å². The second kappa shape index (κ2) is 10.3. The molecule has 4 aromatic rings. The molecule has 2 N–H and O–H groups in total. The summed E-state index contributed by atoms with van der Waals surface area (Å²) in [7, 11) is 1.75. The number of hydrogen-bond donors (Lipinski definition) is 1. The molecule has 2 aromatic heterocycles. The molecule has 3 heterocycles. The minimum atomic E-state index is -0.424. The van der Waals surface area contributed by atoms with Crippen LogP contribution in [0.25, 0.3) is 16.6 Å². The number of pyridine rings is 1. The highest BCUT2D eigenvalue weighted by molar-refractivity contribution is 5.99. The minimum absolute atomic E-state index is 0.000629. The van der Waals surface area contributed by atoms with Gasteiger partial charge in [-0.15, -0.1) is 0 Å². The Bertz CT molecular complexity index is 1400. The Kier molecular flexibility index (Phi) is 6.98. The highest BCUT2D eigenvalue weighted by Gasteiger charge is 2.26. The number of carbonyl (C=O) groups excluding carboxylic acids is 1. The zero-order valence-corrected chi connectivity index (χ0v) is 21.7. The third-order valence-corrected chi connectivity index (χ3v) is 7.60. The van der Waals surface area contributed by atoms with Crippen LogP contribution in [-0.2, 0) is 6.54 Å². The molecule has 7 heteroatoms. The summed E-state index contributed by atoms with van der Waals surface area (Å²) in [5, 5.41) is 1.13. The molecular weight excluding hydrogens is 465 g/mol. The van der Waals surface area contributed by atoms with Crippen molar-refractivity contribution in [2.24, 2.45) is 0 Å². The van der Waals surface area contributed by atoms with Gasteiger partial charge in [0.2, 0.25) is 0 Å². The van der Waals surface area contributed by atoms with Crippen LogP contribution in [0.3, 0.4) is 0 Å². The molecule has 0 radical (unpaired) electrons. The van der Waals surface area contributed by atoms with Gasteiger partial charge in [-0.25, -0.2) is 4.39 Å². The lowest BCUT2D eigenvalue weighted by Crippen LogP contribution is -2.33. The zero-order valence-electron chi connectivity index (χ0n) is 21.7. The Labute approximate surface area is 217 Å². The van der Waals surface area contributed by atoms with Gasteiger partial charge in [-0.1, -0.05) is 12.1 Å². The summed E-state index contributed by atoms with van der Waals surface area (Å²) in [6, 6.07) is 14.6. The zero-order chi connectivity index (χ0) is 26.1. The fourth-order valence-corrected chi connectivity index (χ4v) is 5.22. The van der Waals surface area contributed by atoms with Crippen LogP contribution in [0.15, 0.2) is 67.1 Å². The van der Waals surface area contributed by atoms with Crippen molar-refractivity contribution >= 4 is 22.5 Å². The summed E-state index contributed by atoms with van der Waals surface area (Å²) in [5.74, 6) is -0.230. The van der Waals surface area contributed by atoms with E-state index in [0.717, 1.165) is 49.1 Å². The number of piperidine rings is 1. The molecule has 0 bridgehead atoms. The molecule has 1 fully saturated rings. The summed E-state index contributed by atoms with van der Waals surface area (Å²) in [5.41, 5.74) is 11.1. The lowest BCUT2D eigenvalue weighted by atomic mass is 9.89. The minimum Gasteiger partial charge on any atom is -0.399 e. The van der Waals surface area contributed by atoms with Crippen molar-refractivity contribution in [3.8, 4) is 5.69 Å². The fraction of sp³-hybridized carbons (Fsp3) is 0.333. The Morgan fingerprint density at radius 3 is 2.57 bits per heavy atom. The molecule has 1 aliphatic heterocycles. The van der Waals surface area contributed by atoms with Crippen LogP contribution in [-0.4, -0.2) is 51.4 Å². The number of aromatic nitrogens is 2. The molecular formula is C30H34FN5O. The normalized spacial score (nSPS) is 14.9. The van der Waals surface area contributed by atoms with E-state index in [1.54, 1.807) is 18.0 Å². The first-order chi connectivity index (χ1) is 17.8. The molecule has 37 heavy (non-hydrogen) atoms. The first-order valence-electron chi connectivity index (χ1n) is 12.9. The Hall–Kier alpha value is -3.71. The maximum absolute atomic E-state index is 14.3. The third kappa shape index (κ3) is 5.09. The molecule has 5 rings (SSSR count). The van der Waals surface area contributed by atoms with Crippen LogP contribution in [0.2, 0.25) is 0 Å². The van der Waals surface area contributed by atoms with E-state index in [1.165, 1.54) is 23.3 Å². The third-order valence-electron chi connectivity index (χ3n) is 7.60. The summed E-state index contributed by atoms with van der Waals surface area (Å²) in [6.45, 7) is 6.83. The standard InChI is InChI=1S/C30H34FN5O/c1-20(2)34(3)30(37)26-16-23(31)6-9-28(26)36-19-27(25-10-13-33-17-29(25)36)22-11-14-35(15-12-22)18-21-4-7-24(32)8-5-21/h4-10,13,16-17,19-20,22H,11-12,14-15,18,32H2,1-3H3. The molecule has 0 spiro atoms. The van der Waals surface area contributed by atoms with Gasteiger partial charge >= 0.3 is 0 Å². The molecule has 1 saturated heterocycles. The van der Waals surface area contributed by atoms with Gasteiger partial charge in [0.25, 0.3) is 5.91 Å². The number of hydrogen-bond acceptors (Lipinski definition) is 4. The molecule has 1 amide bonds. The molecule has 0 aliphatic carbocycles. The predicted molar refractivity (Wildman–Crippen MR) is 146 cm³/mol. The summed E-state index contributed by atoms with van der Waals surface area (Å²) in [4.78, 5) is 21.8. The van der Waals surface area contributed by atoms with E-state index in [9.17, 15) is 9.18 Å². The molecule has 2 aromatic carbocycles. The van der Waals surface area contributed by atoms with Gasteiger partial charge in [-0.05, 0) is 93.2 Å². The van der Waals surface area contributed by atoms with E-state index in [-0.39, 0.29) is 11.9 Å². The van der Waals surface area contributed by atoms with Gasteiger partial charge in [0.15, 0.2) is 0 Å². The van der Waals surface area contributed by atoms with Crippen molar-refractivity contribution in [2.75, 3.05) is 25.9 Å².